The van der Waals surface area contributed by atoms with Gasteiger partial charge < -0.3 is 15.5 Å². The van der Waals surface area contributed by atoms with E-state index in [0.717, 1.165) is 50.8 Å². The monoisotopic (exact) mass is 535 g/mol. The molecule has 0 bridgehead atoms. The van der Waals surface area contributed by atoms with Crippen LogP contribution < -0.4 is 10.6 Å². The Morgan fingerprint density at radius 3 is 2.13 bits per heavy atom. The van der Waals surface area contributed by atoms with Gasteiger partial charge in [0.2, 0.25) is 0 Å². The summed E-state index contributed by atoms with van der Waals surface area (Å²) in [4.78, 5) is 21.6. The van der Waals surface area contributed by atoms with E-state index >= 15 is 0 Å². The third kappa shape index (κ3) is 7.81. The van der Waals surface area contributed by atoms with Crippen molar-refractivity contribution in [2.75, 3.05) is 39.3 Å². The Hall–Kier alpha value is -2.13. The third-order valence-electron chi connectivity index (χ3n) is 5.22. The number of nitrogens with one attached hydrogen (secondary N) is 2. The molecule has 1 amide bonds. The summed E-state index contributed by atoms with van der Waals surface area (Å²) >= 11 is 0. The number of halogens is 1. The fourth-order valence-electron chi connectivity index (χ4n) is 3.58. The van der Waals surface area contributed by atoms with Crippen molar-refractivity contribution in [2.24, 2.45) is 4.99 Å². The van der Waals surface area contributed by atoms with Gasteiger partial charge in [-0.3, -0.25) is 9.69 Å². The SMILES string of the molecule is CCNC(=O)c1ccc(CN=C(NCC)N2CCN(Cc3ccccc3)CC2)cc1.I. The first-order valence-corrected chi connectivity index (χ1v) is 10.9. The summed E-state index contributed by atoms with van der Waals surface area (Å²) in [6.45, 7) is 11.1. The Labute approximate surface area is 203 Å². The molecule has 0 unspecified atom stereocenters. The molecule has 1 fully saturated rings. The minimum atomic E-state index is -0.0331. The van der Waals surface area contributed by atoms with Crippen LogP contribution in [0.25, 0.3) is 0 Å². The lowest BCUT2D eigenvalue weighted by Crippen LogP contribution is -2.52. The summed E-state index contributed by atoms with van der Waals surface area (Å²) < 4.78 is 0. The predicted molar refractivity (Wildman–Crippen MR) is 138 cm³/mol. The molecule has 3 rings (SSSR count). The highest BCUT2D eigenvalue weighted by molar-refractivity contribution is 14.0. The first-order valence-electron chi connectivity index (χ1n) is 10.9. The van der Waals surface area contributed by atoms with Gasteiger partial charge in [-0.15, -0.1) is 24.0 Å². The van der Waals surface area contributed by atoms with Gasteiger partial charge in [-0.05, 0) is 37.1 Å². The Bertz CT molecular complexity index is 818. The molecule has 2 aromatic carbocycles. The van der Waals surface area contributed by atoms with Crippen LogP contribution in [-0.2, 0) is 13.1 Å². The van der Waals surface area contributed by atoms with Gasteiger partial charge in [0.25, 0.3) is 5.91 Å². The minimum Gasteiger partial charge on any atom is -0.357 e. The van der Waals surface area contributed by atoms with Gasteiger partial charge in [-0.1, -0.05) is 42.5 Å². The summed E-state index contributed by atoms with van der Waals surface area (Å²) in [5.74, 6) is 0.930. The van der Waals surface area contributed by atoms with E-state index in [0.29, 0.717) is 18.7 Å². The normalized spacial score (nSPS) is 14.6. The van der Waals surface area contributed by atoms with Gasteiger partial charge in [0.15, 0.2) is 5.96 Å². The molecule has 1 heterocycles. The lowest BCUT2D eigenvalue weighted by Gasteiger charge is -2.36. The van der Waals surface area contributed by atoms with E-state index in [1.165, 1.54) is 5.56 Å². The van der Waals surface area contributed by atoms with Crippen LogP contribution in [-0.4, -0.2) is 60.9 Å². The Balaban J connectivity index is 0.00000341. The van der Waals surface area contributed by atoms with Crippen LogP contribution >= 0.6 is 24.0 Å². The highest BCUT2D eigenvalue weighted by Gasteiger charge is 2.19. The number of guanidine groups is 1. The summed E-state index contributed by atoms with van der Waals surface area (Å²) in [6, 6.07) is 18.3. The summed E-state index contributed by atoms with van der Waals surface area (Å²) in [7, 11) is 0. The van der Waals surface area contributed by atoms with E-state index in [1.54, 1.807) is 0 Å². The Morgan fingerprint density at radius 2 is 1.52 bits per heavy atom. The minimum absolute atomic E-state index is 0. The van der Waals surface area contributed by atoms with E-state index in [1.807, 2.05) is 31.2 Å². The van der Waals surface area contributed by atoms with Crippen LogP contribution in [0.4, 0.5) is 0 Å². The molecule has 6 nitrogen and oxygen atoms in total. The number of carbonyl (C=O) groups is 1. The molecule has 0 radical (unpaired) electrons. The number of nitrogens with zero attached hydrogens (tertiary/aromatic N) is 3. The summed E-state index contributed by atoms with van der Waals surface area (Å²) in [5, 5.41) is 6.25. The average Bonchev–Trinajstić information content (AvgIpc) is 2.78. The topological polar surface area (TPSA) is 60.0 Å². The van der Waals surface area contributed by atoms with E-state index in [2.05, 4.69) is 57.7 Å². The number of rotatable bonds is 7. The first kappa shape index (κ1) is 25.1. The second-order valence-corrected chi connectivity index (χ2v) is 7.48. The molecule has 2 aromatic rings. The number of aliphatic imine (C=N–C) groups is 1. The Morgan fingerprint density at radius 1 is 0.871 bits per heavy atom. The fourth-order valence-corrected chi connectivity index (χ4v) is 3.58. The maximum absolute atomic E-state index is 11.9. The zero-order chi connectivity index (χ0) is 21.2. The molecule has 31 heavy (non-hydrogen) atoms. The second kappa shape index (κ2) is 13.3. The van der Waals surface area contributed by atoms with Crippen molar-refractivity contribution in [1.82, 2.24) is 20.4 Å². The van der Waals surface area contributed by atoms with E-state index in [9.17, 15) is 4.79 Å². The molecular formula is C24H34IN5O. The molecule has 0 aliphatic carbocycles. The molecule has 0 atom stereocenters. The smallest absolute Gasteiger partial charge is 0.251 e. The van der Waals surface area contributed by atoms with E-state index < -0.39 is 0 Å². The van der Waals surface area contributed by atoms with Crippen molar-refractivity contribution in [2.45, 2.75) is 26.9 Å². The number of piperazine rings is 1. The Kier molecular flexibility index (Phi) is 10.8. The molecular weight excluding hydrogens is 501 g/mol. The number of carbonyl (C=O) groups excluding carboxylic acids is 1. The van der Waals surface area contributed by atoms with Crippen molar-refractivity contribution in [3.8, 4) is 0 Å². The molecule has 2 N–H and O–H groups in total. The van der Waals surface area contributed by atoms with Gasteiger partial charge in [0.1, 0.15) is 0 Å². The summed E-state index contributed by atoms with van der Waals surface area (Å²) in [5.41, 5.74) is 3.15. The molecule has 1 saturated heterocycles. The summed E-state index contributed by atoms with van der Waals surface area (Å²) in [6.07, 6.45) is 0. The molecule has 1 aliphatic heterocycles. The van der Waals surface area contributed by atoms with Crippen LogP contribution in [0.2, 0.25) is 0 Å². The maximum Gasteiger partial charge on any atom is 0.251 e. The zero-order valence-electron chi connectivity index (χ0n) is 18.5. The van der Waals surface area contributed by atoms with E-state index in [-0.39, 0.29) is 29.9 Å². The van der Waals surface area contributed by atoms with Crippen molar-refractivity contribution in [1.29, 1.82) is 0 Å². The maximum atomic E-state index is 11.9. The van der Waals surface area contributed by atoms with Gasteiger partial charge in [0.05, 0.1) is 6.54 Å². The van der Waals surface area contributed by atoms with Crippen LogP contribution in [0.15, 0.2) is 59.6 Å². The lowest BCUT2D eigenvalue weighted by molar-refractivity contribution is 0.0956. The number of benzene rings is 2. The fraction of sp³-hybridized carbons (Fsp3) is 0.417. The molecule has 0 saturated carbocycles. The van der Waals surface area contributed by atoms with Gasteiger partial charge in [0, 0.05) is 51.4 Å². The third-order valence-corrected chi connectivity index (χ3v) is 5.22. The standard InChI is InChI=1S/C24H33N5O.HI/c1-3-25-23(30)22-12-10-20(11-13-22)18-27-24(26-4-2)29-16-14-28(15-17-29)19-21-8-6-5-7-9-21;/h5-13H,3-4,14-19H2,1-2H3,(H,25,30)(H,26,27);1H. The van der Waals surface area contributed by atoms with Gasteiger partial charge in [-0.25, -0.2) is 4.99 Å². The van der Waals surface area contributed by atoms with E-state index in [4.69, 9.17) is 4.99 Å². The van der Waals surface area contributed by atoms with Crippen LogP contribution in [0.1, 0.15) is 35.3 Å². The molecule has 7 heteroatoms. The van der Waals surface area contributed by atoms with Gasteiger partial charge >= 0.3 is 0 Å². The number of hydrogen-bond acceptors (Lipinski definition) is 3. The highest BCUT2D eigenvalue weighted by atomic mass is 127. The second-order valence-electron chi connectivity index (χ2n) is 7.48. The quantitative estimate of drug-likeness (QED) is 0.325. The average molecular weight is 535 g/mol. The van der Waals surface area contributed by atoms with Gasteiger partial charge in [-0.2, -0.15) is 0 Å². The molecule has 0 spiro atoms. The first-order chi connectivity index (χ1) is 14.7. The van der Waals surface area contributed by atoms with Crippen LogP contribution in [0.5, 0.6) is 0 Å². The van der Waals surface area contributed by atoms with Crippen molar-refractivity contribution in [3.05, 3.63) is 71.3 Å². The number of hydrogen-bond donors (Lipinski definition) is 2. The zero-order valence-corrected chi connectivity index (χ0v) is 20.8. The molecule has 1 aliphatic rings. The molecule has 0 aromatic heterocycles. The van der Waals surface area contributed by atoms with Crippen LogP contribution in [0.3, 0.4) is 0 Å². The molecule has 168 valence electrons. The number of amides is 1. The van der Waals surface area contributed by atoms with Crippen LogP contribution in [0, 0.1) is 0 Å². The lowest BCUT2D eigenvalue weighted by atomic mass is 10.1. The van der Waals surface area contributed by atoms with Crippen molar-refractivity contribution < 1.29 is 4.79 Å². The van der Waals surface area contributed by atoms with Crippen molar-refractivity contribution >= 4 is 35.8 Å². The van der Waals surface area contributed by atoms with Crippen molar-refractivity contribution in [3.63, 3.8) is 0 Å². The highest BCUT2D eigenvalue weighted by Crippen LogP contribution is 2.10. The predicted octanol–water partition coefficient (Wildman–Crippen LogP) is 3.34. The largest absolute Gasteiger partial charge is 0.357 e.